The van der Waals surface area contributed by atoms with Gasteiger partial charge >= 0.3 is 0 Å². The van der Waals surface area contributed by atoms with Crippen LogP contribution in [0.1, 0.15) is 22.6 Å². The van der Waals surface area contributed by atoms with Crippen molar-refractivity contribution in [2.24, 2.45) is 0 Å². The average Bonchev–Trinajstić information content (AvgIpc) is 3.40. The molecule has 1 aliphatic rings. The Balaban J connectivity index is 1.45. The molecule has 3 aromatic heterocycles. The van der Waals surface area contributed by atoms with E-state index >= 15 is 0 Å². The monoisotopic (exact) mass is 503 g/mol. The van der Waals surface area contributed by atoms with E-state index in [1.807, 2.05) is 60.7 Å². The lowest BCUT2D eigenvalue weighted by Crippen LogP contribution is -2.15. The molecule has 0 spiro atoms. The minimum Gasteiger partial charge on any atom is -0.508 e. The highest BCUT2D eigenvalue weighted by Crippen LogP contribution is 2.49. The molecule has 9 heteroatoms. The highest BCUT2D eigenvalue weighted by atomic mass is 16.5. The second kappa shape index (κ2) is 8.45. The van der Waals surface area contributed by atoms with Gasteiger partial charge in [0.1, 0.15) is 23.5 Å². The van der Waals surface area contributed by atoms with Crippen molar-refractivity contribution < 1.29 is 19.3 Å². The van der Waals surface area contributed by atoms with Crippen LogP contribution in [0.4, 0.5) is 0 Å². The highest BCUT2D eigenvalue weighted by Gasteiger charge is 2.34. The summed E-state index contributed by atoms with van der Waals surface area (Å²) in [4.78, 5) is 14.2. The summed E-state index contributed by atoms with van der Waals surface area (Å²) >= 11 is 0. The van der Waals surface area contributed by atoms with Gasteiger partial charge in [0.05, 0.1) is 25.3 Å². The van der Waals surface area contributed by atoms with Gasteiger partial charge in [0.15, 0.2) is 17.1 Å². The van der Waals surface area contributed by atoms with Crippen LogP contribution in [0, 0.1) is 0 Å². The molecule has 9 nitrogen and oxygen atoms in total. The zero-order chi connectivity index (χ0) is 25.8. The third kappa shape index (κ3) is 3.40. The van der Waals surface area contributed by atoms with E-state index in [-0.39, 0.29) is 11.7 Å². The van der Waals surface area contributed by atoms with E-state index in [0.29, 0.717) is 40.3 Å². The summed E-state index contributed by atoms with van der Waals surface area (Å²) in [6.45, 7) is 0. The van der Waals surface area contributed by atoms with Crippen LogP contribution in [0.25, 0.3) is 28.1 Å². The van der Waals surface area contributed by atoms with Crippen LogP contribution in [0.3, 0.4) is 0 Å². The van der Waals surface area contributed by atoms with Gasteiger partial charge in [-0.1, -0.05) is 36.4 Å². The Morgan fingerprint density at radius 3 is 2.63 bits per heavy atom. The van der Waals surface area contributed by atoms with Crippen molar-refractivity contribution in [3.05, 3.63) is 95.8 Å². The summed E-state index contributed by atoms with van der Waals surface area (Å²) in [5.74, 6) is 2.39. The Labute approximate surface area is 216 Å². The molecule has 4 heterocycles. The number of para-hydroxylation sites is 1. The number of nitrogens with zero attached hydrogens (tertiary/aromatic N) is 5. The number of aromatic hydroxyl groups is 1. The molecule has 0 saturated carbocycles. The summed E-state index contributed by atoms with van der Waals surface area (Å²) in [6, 6.07) is 22.7. The molecular weight excluding hydrogens is 482 g/mol. The number of hydrogen-bond acceptors (Lipinski definition) is 8. The lowest BCUT2D eigenvalue weighted by molar-refractivity contribution is 0.354. The first-order chi connectivity index (χ1) is 18.6. The summed E-state index contributed by atoms with van der Waals surface area (Å²) in [6.07, 6.45) is 1.57. The fraction of sp³-hybridized carbons (Fsp3) is 0.103. The third-order valence-electron chi connectivity index (χ3n) is 6.76. The van der Waals surface area contributed by atoms with Gasteiger partial charge in [0, 0.05) is 22.9 Å². The largest absolute Gasteiger partial charge is 0.508 e. The molecule has 3 aromatic carbocycles. The highest BCUT2D eigenvalue weighted by molar-refractivity contribution is 5.81. The van der Waals surface area contributed by atoms with Gasteiger partial charge in [-0.2, -0.15) is 0 Å². The molecule has 6 aromatic rings. The standard InChI is InChI=1S/C29H21N5O4/c1-36-22-12-8-17(13-24(22)37-2)25-19-10-9-18(35)14-23(19)38-29-26(25)28-32-27(33-34(28)15-30-29)21-11-7-16-5-3-4-6-20(16)31-21/h3-15,25,35H,1-2H3/t25-/m0/s1. The third-order valence-corrected chi connectivity index (χ3v) is 6.76. The van der Waals surface area contributed by atoms with E-state index in [1.165, 1.54) is 0 Å². The molecule has 1 atom stereocenters. The average molecular weight is 504 g/mol. The topological polar surface area (TPSA) is 104 Å². The van der Waals surface area contributed by atoms with Gasteiger partial charge in [0.25, 0.3) is 0 Å². The van der Waals surface area contributed by atoms with Crippen LogP contribution in [-0.2, 0) is 0 Å². The zero-order valence-corrected chi connectivity index (χ0v) is 20.5. The Morgan fingerprint density at radius 2 is 1.76 bits per heavy atom. The number of ether oxygens (including phenoxy) is 3. The maximum Gasteiger partial charge on any atom is 0.228 e. The Hall–Kier alpha value is -5.18. The number of phenolic OH excluding ortho intramolecular Hbond substituents is 1. The van der Waals surface area contributed by atoms with Crippen LogP contribution in [0.15, 0.2) is 79.1 Å². The summed E-state index contributed by atoms with van der Waals surface area (Å²) in [5.41, 5.74) is 4.64. The number of pyridine rings is 1. The molecule has 0 aliphatic carbocycles. The van der Waals surface area contributed by atoms with Gasteiger partial charge in [0.2, 0.25) is 11.7 Å². The molecule has 0 fully saturated rings. The van der Waals surface area contributed by atoms with E-state index in [4.69, 9.17) is 29.3 Å². The lowest BCUT2D eigenvalue weighted by Gasteiger charge is -2.28. The molecule has 0 saturated heterocycles. The van der Waals surface area contributed by atoms with Gasteiger partial charge in [-0.15, -0.1) is 5.10 Å². The molecule has 0 unspecified atom stereocenters. The van der Waals surface area contributed by atoms with Crippen LogP contribution < -0.4 is 14.2 Å². The predicted octanol–water partition coefficient (Wildman–Crippen LogP) is 5.35. The first-order valence-corrected chi connectivity index (χ1v) is 12.0. The minimum absolute atomic E-state index is 0.103. The first kappa shape index (κ1) is 22.1. The fourth-order valence-corrected chi connectivity index (χ4v) is 4.98. The van der Waals surface area contributed by atoms with E-state index in [9.17, 15) is 5.11 Å². The van der Waals surface area contributed by atoms with Crippen molar-refractivity contribution in [3.8, 4) is 40.4 Å². The Morgan fingerprint density at radius 1 is 0.895 bits per heavy atom. The lowest BCUT2D eigenvalue weighted by atomic mass is 9.83. The number of rotatable bonds is 4. The van der Waals surface area contributed by atoms with Crippen molar-refractivity contribution >= 4 is 16.6 Å². The number of fused-ring (bicyclic) bond motifs is 5. The molecule has 1 aliphatic heterocycles. The number of benzene rings is 3. The van der Waals surface area contributed by atoms with Gasteiger partial charge in [-0.3, -0.25) is 0 Å². The molecule has 0 bridgehead atoms. The zero-order valence-electron chi connectivity index (χ0n) is 20.5. The summed E-state index contributed by atoms with van der Waals surface area (Å²) < 4.78 is 18.9. The number of aromatic nitrogens is 5. The molecule has 186 valence electrons. The molecule has 0 radical (unpaired) electrons. The quantitative estimate of drug-likeness (QED) is 0.343. The Bertz CT molecular complexity index is 1870. The smallest absolute Gasteiger partial charge is 0.228 e. The molecule has 38 heavy (non-hydrogen) atoms. The summed E-state index contributed by atoms with van der Waals surface area (Å²) in [5, 5.41) is 15.9. The van der Waals surface area contributed by atoms with E-state index < -0.39 is 0 Å². The SMILES string of the molecule is COc1ccc([C@H]2c3ccc(O)cc3Oc3ncn4nc(-c5ccc6ccccc6n5)nc4c32)cc1OC. The first-order valence-electron chi connectivity index (χ1n) is 12.0. The van der Waals surface area contributed by atoms with Gasteiger partial charge < -0.3 is 19.3 Å². The number of hydrogen-bond donors (Lipinski definition) is 1. The number of methoxy groups -OCH3 is 2. The second-order valence-electron chi connectivity index (χ2n) is 8.93. The Kier molecular flexibility index (Phi) is 4.90. The van der Waals surface area contributed by atoms with E-state index in [1.54, 1.807) is 37.2 Å². The van der Waals surface area contributed by atoms with Crippen LogP contribution in [0.5, 0.6) is 28.9 Å². The van der Waals surface area contributed by atoms with Crippen LogP contribution in [-0.4, -0.2) is 43.9 Å². The van der Waals surface area contributed by atoms with Crippen molar-refractivity contribution in [2.75, 3.05) is 14.2 Å². The molecular formula is C29H21N5O4. The maximum atomic E-state index is 10.1. The van der Waals surface area contributed by atoms with Crippen LogP contribution >= 0.6 is 0 Å². The predicted molar refractivity (Wildman–Crippen MR) is 140 cm³/mol. The van der Waals surface area contributed by atoms with Gasteiger partial charge in [-0.25, -0.2) is 19.5 Å². The number of phenols is 1. The fourth-order valence-electron chi connectivity index (χ4n) is 4.98. The molecule has 0 amide bonds. The maximum absolute atomic E-state index is 10.1. The van der Waals surface area contributed by atoms with E-state index in [0.717, 1.165) is 27.6 Å². The van der Waals surface area contributed by atoms with Crippen molar-refractivity contribution in [1.82, 2.24) is 24.6 Å². The summed E-state index contributed by atoms with van der Waals surface area (Å²) in [7, 11) is 3.21. The minimum atomic E-state index is -0.327. The second-order valence-corrected chi connectivity index (χ2v) is 8.93. The molecule has 7 rings (SSSR count). The van der Waals surface area contributed by atoms with Crippen molar-refractivity contribution in [3.63, 3.8) is 0 Å². The van der Waals surface area contributed by atoms with E-state index in [2.05, 4.69) is 4.98 Å². The van der Waals surface area contributed by atoms with Gasteiger partial charge in [-0.05, 0) is 35.9 Å². The normalized spacial score (nSPS) is 14.1. The van der Waals surface area contributed by atoms with Crippen LogP contribution in [0.2, 0.25) is 0 Å². The van der Waals surface area contributed by atoms with Crippen molar-refractivity contribution in [1.29, 1.82) is 0 Å². The van der Waals surface area contributed by atoms with Crippen molar-refractivity contribution in [2.45, 2.75) is 5.92 Å². The molecule has 1 N–H and O–H groups in total.